The first kappa shape index (κ1) is 35.9. The lowest BCUT2D eigenvalue weighted by Crippen LogP contribution is -2.29. The predicted molar refractivity (Wildman–Crippen MR) is 244 cm³/mol. The molecule has 8 aromatic carbocycles. The van der Waals surface area contributed by atoms with Crippen molar-refractivity contribution in [3.8, 4) is 45.2 Å². The Morgan fingerprint density at radius 1 is 0.333 bits per heavy atom. The molecule has 0 N–H and O–H groups in total. The number of hydrogen-bond donors (Lipinski definition) is 0. The number of hydrogen-bond acceptors (Lipinski definition) is 0. The minimum atomic E-state index is -1.72. The van der Waals surface area contributed by atoms with Crippen molar-refractivity contribution in [3.05, 3.63) is 132 Å². The van der Waals surface area contributed by atoms with E-state index in [-0.39, 0.29) is 0 Å². The van der Waals surface area contributed by atoms with Gasteiger partial charge in [-0.3, -0.25) is 0 Å². The molecule has 0 nitrogen and oxygen atoms in total. The van der Waals surface area contributed by atoms with Crippen LogP contribution in [-0.4, -0.2) is 16.1 Å². The average molecular weight is 731 g/mol. The highest BCUT2D eigenvalue weighted by Gasteiger charge is 2.26. The van der Waals surface area contributed by atoms with Gasteiger partial charge in [0.2, 0.25) is 0 Å². The standard InChI is InChI=1S/C52H50Si2/c1-7-53(8-2,9-3)33-31-43-47-29-27-46-42-26-24-40(38-21-17-14-18-22-38)36-50(42)44(32-34-54(10-4,11-5)12-6)48-30-28-45(51(47)52(46)48)41-25-23-39(35-49(41)43)37-19-15-13-16-20-37/h13-30,35-36H,7-12H2,1-6H3. The Hall–Kier alpha value is -5.13. The number of fused-ring (bicyclic) bond motifs is 4. The first-order valence-electron chi connectivity index (χ1n) is 20.2. The van der Waals surface area contributed by atoms with Gasteiger partial charge in [0.15, 0.2) is 0 Å². The average Bonchev–Trinajstić information content (AvgIpc) is 3.24. The molecule has 0 heterocycles. The smallest absolute Gasteiger partial charge is 0.126 e. The van der Waals surface area contributed by atoms with E-state index in [1.54, 1.807) is 0 Å². The second kappa shape index (κ2) is 14.6. The van der Waals surface area contributed by atoms with E-state index in [1.165, 1.54) is 124 Å². The zero-order valence-corrected chi connectivity index (χ0v) is 34.8. The minimum absolute atomic E-state index is 1.18. The maximum Gasteiger partial charge on any atom is 0.138 e. The summed E-state index contributed by atoms with van der Waals surface area (Å²) >= 11 is 0. The van der Waals surface area contributed by atoms with E-state index in [4.69, 9.17) is 0 Å². The van der Waals surface area contributed by atoms with Crippen molar-refractivity contribution in [2.45, 2.75) is 77.8 Å². The van der Waals surface area contributed by atoms with Gasteiger partial charge in [-0.05, 0) is 125 Å². The van der Waals surface area contributed by atoms with Crippen LogP contribution in [0.2, 0.25) is 36.3 Å². The molecule has 8 rings (SSSR count). The molecule has 0 aromatic heterocycles. The molecule has 0 bridgehead atoms. The van der Waals surface area contributed by atoms with Gasteiger partial charge in [-0.2, -0.15) is 0 Å². The van der Waals surface area contributed by atoms with Crippen molar-refractivity contribution in [1.29, 1.82) is 0 Å². The summed E-state index contributed by atoms with van der Waals surface area (Å²) in [5.41, 5.74) is 15.3. The van der Waals surface area contributed by atoms with Crippen molar-refractivity contribution in [3.63, 3.8) is 0 Å². The maximum atomic E-state index is 4.01. The molecular weight excluding hydrogens is 681 g/mol. The summed E-state index contributed by atoms with van der Waals surface area (Å²) < 4.78 is 0. The number of rotatable bonds is 8. The largest absolute Gasteiger partial charge is 0.138 e. The molecule has 2 heteroatoms. The lowest BCUT2D eigenvalue weighted by molar-refractivity contribution is 1.20. The van der Waals surface area contributed by atoms with E-state index in [1.807, 2.05) is 0 Å². The van der Waals surface area contributed by atoms with Gasteiger partial charge in [-0.1, -0.05) is 163 Å². The van der Waals surface area contributed by atoms with E-state index >= 15 is 0 Å². The van der Waals surface area contributed by atoms with E-state index in [0.717, 1.165) is 0 Å². The molecule has 0 aliphatic carbocycles. The second-order valence-corrected chi connectivity index (χ2v) is 25.1. The molecule has 0 unspecified atom stereocenters. The normalized spacial score (nSPS) is 12.0. The Labute approximate surface area is 324 Å². The van der Waals surface area contributed by atoms with E-state index in [2.05, 4.69) is 186 Å². The van der Waals surface area contributed by atoms with Crippen molar-refractivity contribution in [1.82, 2.24) is 0 Å². The quantitative estimate of drug-likeness (QED) is 0.0632. The third kappa shape index (κ3) is 5.94. The fraction of sp³-hybridized carbons (Fsp3) is 0.231. The van der Waals surface area contributed by atoms with Crippen LogP contribution in [0.1, 0.15) is 52.7 Å². The van der Waals surface area contributed by atoms with Crippen LogP contribution in [0.15, 0.2) is 121 Å². The Morgan fingerprint density at radius 2 is 0.667 bits per heavy atom. The molecule has 0 atom stereocenters. The summed E-state index contributed by atoms with van der Waals surface area (Å²) in [6.07, 6.45) is 0. The van der Waals surface area contributed by atoms with Crippen molar-refractivity contribution >= 4 is 70.0 Å². The highest BCUT2D eigenvalue weighted by atomic mass is 28.3. The molecular formula is C52H50Si2. The first-order chi connectivity index (χ1) is 26.4. The third-order valence-corrected chi connectivity index (χ3v) is 22.5. The van der Waals surface area contributed by atoms with Gasteiger partial charge in [-0.15, -0.1) is 11.1 Å². The second-order valence-electron chi connectivity index (χ2n) is 15.3. The van der Waals surface area contributed by atoms with Crippen LogP contribution in [-0.2, 0) is 0 Å². The molecule has 266 valence electrons. The van der Waals surface area contributed by atoms with Gasteiger partial charge in [0.1, 0.15) is 16.1 Å². The Bertz CT molecular complexity index is 2570. The molecule has 0 aliphatic heterocycles. The molecule has 0 saturated carbocycles. The van der Waals surface area contributed by atoms with Gasteiger partial charge >= 0.3 is 0 Å². The predicted octanol–water partition coefficient (Wildman–Crippen LogP) is 15.0. The van der Waals surface area contributed by atoms with Crippen LogP contribution in [0, 0.1) is 22.9 Å². The van der Waals surface area contributed by atoms with Gasteiger partial charge in [0.25, 0.3) is 0 Å². The summed E-state index contributed by atoms with van der Waals surface area (Å²) in [7, 11) is -3.45. The van der Waals surface area contributed by atoms with Gasteiger partial charge in [-0.25, -0.2) is 0 Å². The zero-order valence-electron chi connectivity index (χ0n) is 32.8. The fourth-order valence-electron chi connectivity index (χ4n) is 8.93. The molecule has 0 saturated heterocycles. The van der Waals surface area contributed by atoms with Gasteiger partial charge in [0.05, 0.1) is 0 Å². The summed E-state index contributed by atoms with van der Waals surface area (Å²) in [5.74, 6) is 7.90. The highest BCUT2D eigenvalue weighted by molar-refractivity contribution is 6.87. The monoisotopic (exact) mass is 730 g/mol. The molecule has 0 spiro atoms. The van der Waals surface area contributed by atoms with Gasteiger partial charge < -0.3 is 0 Å². The Morgan fingerprint density at radius 3 is 1.02 bits per heavy atom. The van der Waals surface area contributed by atoms with E-state index < -0.39 is 16.1 Å². The summed E-state index contributed by atoms with van der Waals surface area (Å²) in [5, 5.41) is 12.8. The van der Waals surface area contributed by atoms with Crippen LogP contribution in [0.4, 0.5) is 0 Å². The van der Waals surface area contributed by atoms with E-state index in [0.29, 0.717) is 0 Å². The maximum absolute atomic E-state index is 4.01. The topological polar surface area (TPSA) is 0 Å². The van der Waals surface area contributed by atoms with Gasteiger partial charge in [0, 0.05) is 11.1 Å². The first-order valence-corrected chi connectivity index (χ1v) is 25.5. The molecule has 0 aliphatic rings. The van der Waals surface area contributed by atoms with E-state index in [9.17, 15) is 0 Å². The molecule has 0 amide bonds. The number of benzene rings is 8. The van der Waals surface area contributed by atoms with Crippen molar-refractivity contribution < 1.29 is 0 Å². The van der Waals surface area contributed by atoms with Crippen LogP contribution in [0.5, 0.6) is 0 Å². The Balaban J connectivity index is 1.53. The lowest BCUT2D eigenvalue weighted by Gasteiger charge is -2.22. The van der Waals surface area contributed by atoms with Crippen LogP contribution >= 0.6 is 0 Å². The molecule has 54 heavy (non-hydrogen) atoms. The molecule has 0 radical (unpaired) electrons. The Kier molecular flexibility index (Phi) is 9.70. The van der Waals surface area contributed by atoms with Crippen LogP contribution in [0.25, 0.3) is 76.1 Å². The molecule has 8 aromatic rings. The minimum Gasteiger partial charge on any atom is -0.126 e. The molecule has 0 fully saturated rings. The van der Waals surface area contributed by atoms with Crippen LogP contribution < -0.4 is 0 Å². The van der Waals surface area contributed by atoms with Crippen LogP contribution in [0.3, 0.4) is 0 Å². The van der Waals surface area contributed by atoms with Crippen molar-refractivity contribution in [2.75, 3.05) is 0 Å². The summed E-state index contributed by atoms with van der Waals surface area (Å²) in [6, 6.07) is 52.3. The third-order valence-electron chi connectivity index (χ3n) is 13.0. The summed E-state index contributed by atoms with van der Waals surface area (Å²) in [4.78, 5) is 0. The fourth-order valence-corrected chi connectivity index (χ4v) is 13.8. The zero-order chi connectivity index (χ0) is 37.5. The van der Waals surface area contributed by atoms with Crippen molar-refractivity contribution in [2.24, 2.45) is 0 Å². The highest BCUT2D eigenvalue weighted by Crippen LogP contribution is 2.46. The summed E-state index contributed by atoms with van der Waals surface area (Å²) in [6.45, 7) is 14.1. The lowest BCUT2D eigenvalue weighted by atomic mass is 9.83. The SMILES string of the molecule is CC[Si](C#Cc1c2cc(-c3ccccc3)ccc2c2ccc3c(C#C[Si](CC)(CC)CC)c4cc(-c5ccccc5)ccc4c4ccc1c2c34)(CC)CC.